The number of nitro benzene ring substituents is 1. The second-order valence-electron chi connectivity index (χ2n) is 4.92. The van der Waals surface area contributed by atoms with Crippen molar-refractivity contribution in [2.45, 2.75) is 0 Å². The van der Waals surface area contributed by atoms with Crippen molar-refractivity contribution in [2.24, 2.45) is 0 Å². The molecule has 0 fully saturated rings. The predicted molar refractivity (Wildman–Crippen MR) is 87.1 cm³/mol. The Hall–Kier alpha value is -3.41. The number of rotatable bonds is 3. The fourth-order valence-corrected chi connectivity index (χ4v) is 2.21. The molecule has 0 radical (unpaired) electrons. The summed E-state index contributed by atoms with van der Waals surface area (Å²) in [4.78, 5) is 14.5. The SMILES string of the molecule is O=[N+]([O-])c1cc(C=Cc2ccc3cccc(O)c3n2)ccc1O. The van der Waals surface area contributed by atoms with Gasteiger partial charge in [-0.1, -0.05) is 30.3 Å². The van der Waals surface area contributed by atoms with Crippen LogP contribution in [0.3, 0.4) is 0 Å². The molecule has 2 aromatic carbocycles. The number of pyridine rings is 1. The summed E-state index contributed by atoms with van der Waals surface area (Å²) in [5, 5.41) is 30.9. The summed E-state index contributed by atoms with van der Waals surface area (Å²) in [6.45, 7) is 0. The zero-order valence-electron chi connectivity index (χ0n) is 11.9. The number of phenols is 2. The third kappa shape index (κ3) is 2.96. The van der Waals surface area contributed by atoms with Crippen LogP contribution in [-0.4, -0.2) is 20.1 Å². The number of aromatic nitrogens is 1. The highest BCUT2D eigenvalue weighted by Crippen LogP contribution is 2.27. The van der Waals surface area contributed by atoms with Crippen molar-refractivity contribution in [1.29, 1.82) is 0 Å². The summed E-state index contributed by atoms with van der Waals surface area (Å²) in [7, 11) is 0. The molecule has 0 aliphatic carbocycles. The monoisotopic (exact) mass is 308 g/mol. The van der Waals surface area contributed by atoms with E-state index < -0.39 is 4.92 Å². The molecule has 3 aromatic rings. The van der Waals surface area contributed by atoms with E-state index in [1.165, 1.54) is 12.1 Å². The first-order chi connectivity index (χ1) is 11.0. The minimum atomic E-state index is -0.640. The summed E-state index contributed by atoms with van der Waals surface area (Å²) >= 11 is 0. The third-order valence-electron chi connectivity index (χ3n) is 3.36. The van der Waals surface area contributed by atoms with E-state index >= 15 is 0 Å². The fraction of sp³-hybridized carbons (Fsp3) is 0. The van der Waals surface area contributed by atoms with E-state index in [9.17, 15) is 20.3 Å². The Morgan fingerprint density at radius 3 is 2.61 bits per heavy atom. The van der Waals surface area contributed by atoms with E-state index in [2.05, 4.69) is 4.98 Å². The number of fused-ring (bicyclic) bond motifs is 1. The van der Waals surface area contributed by atoms with E-state index in [-0.39, 0.29) is 17.2 Å². The number of nitro groups is 1. The molecule has 0 atom stereocenters. The molecule has 0 aliphatic rings. The number of aromatic hydroxyl groups is 2. The van der Waals surface area contributed by atoms with Crippen LogP contribution >= 0.6 is 0 Å². The standard InChI is InChI=1S/C17H12N2O4/c20-15-9-5-11(10-14(15)19(22)23)4-7-13-8-6-12-2-1-3-16(21)17(12)18-13/h1-10,20-21H. The van der Waals surface area contributed by atoms with Gasteiger partial charge in [-0.15, -0.1) is 0 Å². The van der Waals surface area contributed by atoms with Crippen LogP contribution in [0.15, 0.2) is 48.5 Å². The van der Waals surface area contributed by atoms with E-state index in [0.717, 1.165) is 5.39 Å². The molecular weight excluding hydrogens is 296 g/mol. The van der Waals surface area contributed by atoms with E-state index in [4.69, 9.17) is 0 Å². The molecule has 0 amide bonds. The summed E-state index contributed by atoms with van der Waals surface area (Å²) in [6, 6.07) is 12.9. The number of hydrogen-bond acceptors (Lipinski definition) is 5. The minimum absolute atomic E-state index is 0.0954. The second kappa shape index (κ2) is 5.76. The summed E-state index contributed by atoms with van der Waals surface area (Å²) in [6.07, 6.45) is 3.34. The molecule has 6 nitrogen and oxygen atoms in total. The number of benzene rings is 2. The molecule has 23 heavy (non-hydrogen) atoms. The van der Waals surface area contributed by atoms with Gasteiger partial charge in [0.2, 0.25) is 0 Å². The predicted octanol–water partition coefficient (Wildman–Crippen LogP) is 3.72. The highest BCUT2D eigenvalue weighted by Gasteiger charge is 2.12. The Kier molecular flexibility index (Phi) is 3.64. The van der Waals surface area contributed by atoms with Crippen LogP contribution in [0.25, 0.3) is 23.1 Å². The van der Waals surface area contributed by atoms with Crippen LogP contribution in [0, 0.1) is 10.1 Å². The van der Waals surface area contributed by atoms with Crippen LogP contribution in [0.1, 0.15) is 11.3 Å². The van der Waals surface area contributed by atoms with Gasteiger partial charge in [-0.2, -0.15) is 0 Å². The Morgan fingerprint density at radius 2 is 1.83 bits per heavy atom. The Morgan fingerprint density at radius 1 is 1.00 bits per heavy atom. The topological polar surface area (TPSA) is 96.5 Å². The normalized spacial score (nSPS) is 11.1. The van der Waals surface area contributed by atoms with Crippen molar-refractivity contribution in [3.8, 4) is 11.5 Å². The molecule has 6 heteroatoms. The van der Waals surface area contributed by atoms with Crippen LogP contribution in [0.4, 0.5) is 5.69 Å². The number of para-hydroxylation sites is 1. The number of hydrogen-bond donors (Lipinski definition) is 2. The molecule has 1 aromatic heterocycles. The molecule has 0 saturated carbocycles. The molecule has 0 saturated heterocycles. The molecule has 1 heterocycles. The van der Waals surface area contributed by atoms with E-state index in [1.54, 1.807) is 36.4 Å². The van der Waals surface area contributed by atoms with Crippen LogP contribution < -0.4 is 0 Å². The molecule has 0 bridgehead atoms. The van der Waals surface area contributed by atoms with Crippen molar-refractivity contribution in [2.75, 3.05) is 0 Å². The maximum absolute atomic E-state index is 10.8. The smallest absolute Gasteiger partial charge is 0.311 e. The van der Waals surface area contributed by atoms with Crippen LogP contribution in [0.2, 0.25) is 0 Å². The van der Waals surface area contributed by atoms with Gasteiger partial charge in [0.15, 0.2) is 5.75 Å². The average Bonchev–Trinajstić information content (AvgIpc) is 2.54. The lowest BCUT2D eigenvalue weighted by Crippen LogP contribution is -1.89. The Bertz CT molecular complexity index is 935. The molecule has 0 spiro atoms. The van der Waals surface area contributed by atoms with Gasteiger partial charge in [0.25, 0.3) is 0 Å². The second-order valence-corrected chi connectivity index (χ2v) is 4.92. The van der Waals surface area contributed by atoms with Gasteiger partial charge in [-0.3, -0.25) is 10.1 Å². The molecule has 0 unspecified atom stereocenters. The summed E-state index contributed by atoms with van der Waals surface area (Å²) in [5.41, 5.74) is 1.31. The number of nitrogens with zero attached hydrogens (tertiary/aromatic N) is 2. The largest absolute Gasteiger partial charge is 0.506 e. The van der Waals surface area contributed by atoms with Gasteiger partial charge in [-0.05, 0) is 29.8 Å². The molecule has 0 aliphatic heterocycles. The Labute approximate surface area is 131 Å². The van der Waals surface area contributed by atoms with Gasteiger partial charge in [0, 0.05) is 11.5 Å². The van der Waals surface area contributed by atoms with Crippen LogP contribution in [0.5, 0.6) is 11.5 Å². The molecular formula is C17H12N2O4. The van der Waals surface area contributed by atoms with Crippen molar-refractivity contribution in [1.82, 2.24) is 4.98 Å². The lowest BCUT2D eigenvalue weighted by atomic mass is 10.1. The van der Waals surface area contributed by atoms with Gasteiger partial charge < -0.3 is 10.2 Å². The van der Waals surface area contributed by atoms with E-state index in [1.807, 2.05) is 12.1 Å². The average molecular weight is 308 g/mol. The Balaban J connectivity index is 1.95. The maximum atomic E-state index is 10.8. The van der Waals surface area contributed by atoms with Crippen molar-refractivity contribution in [3.63, 3.8) is 0 Å². The maximum Gasteiger partial charge on any atom is 0.311 e. The first kappa shape index (κ1) is 14.5. The third-order valence-corrected chi connectivity index (χ3v) is 3.36. The summed E-state index contributed by atoms with van der Waals surface area (Å²) in [5.74, 6) is -0.279. The highest BCUT2D eigenvalue weighted by atomic mass is 16.6. The van der Waals surface area contributed by atoms with Gasteiger partial charge in [0.05, 0.1) is 10.6 Å². The zero-order chi connectivity index (χ0) is 16.4. The van der Waals surface area contributed by atoms with Gasteiger partial charge in [-0.25, -0.2) is 4.98 Å². The highest BCUT2D eigenvalue weighted by molar-refractivity contribution is 5.85. The van der Waals surface area contributed by atoms with Gasteiger partial charge >= 0.3 is 5.69 Å². The van der Waals surface area contributed by atoms with Crippen molar-refractivity contribution < 1.29 is 15.1 Å². The van der Waals surface area contributed by atoms with Gasteiger partial charge in [0.1, 0.15) is 11.3 Å². The molecule has 2 N–H and O–H groups in total. The quantitative estimate of drug-likeness (QED) is 0.567. The molecule has 3 rings (SSSR count). The first-order valence-electron chi connectivity index (χ1n) is 6.79. The molecule has 114 valence electrons. The lowest BCUT2D eigenvalue weighted by Gasteiger charge is -2.01. The zero-order valence-corrected chi connectivity index (χ0v) is 11.9. The first-order valence-corrected chi connectivity index (χ1v) is 6.79. The summed E-state index contributed by atoms with van der Waals surface area (Å²) < 4.78 is 0. The van der Waals surface area contributed by atoms with Crippen molar-refractivity contribution >= 4 is 28.7 Å². The lowest BCUT2D eigenvalue weighted by molar-refractivity contribution is -0.385. The fourth-order valence-electron chi connectivity index (χ4n) is 2.21. The van der Waals surface area contributed by atoms with Crippen LogP contribution in [-0.2, 0) is 0 Å². The number of phenolic OH excluding ortho intramolecular Hbond substituents is 2. The minimum Gasteiger partial charge on any atom is -0.506 e. The van der Waals surface area contributed by atoms with E-state index in [0.29, 0.717) is 16.8 Å². The van der Waals surface area contributed by atoms with Crippen molar-refractivity contribution in [3.05, 3.63) is 69.9 Å².